The number of hydrogen-bond acceptors (Lipinski definition) is 8. The van der Waals surface area contributed by atoms with Gasteiger partial charge in [0.05, 0.1) is 18.8 Å². The van der Waals surface area contributed by atoms with Crippen molar-refractivity contribution >= 4 is 17.8 Å². The monoisotopic (exact) mass is 564 g/mol. The molecule has 2 amide bonds. The summed E-state index contributed by atoms with van der Waals surface area (Å²) < 4.78 is 29.0. The molecule has 11 nitrogen and oxygen atoms in total. The fraction of sp³-hybridized carbons (Fsp3) is 0.433. The number of carbonyl (C=O) groups is 2. The van der Waals surface area contributed by atoms with Crippen LogP contribution in [0.4, 0.5) is 10.6 Å². The fourth-order valence-electron chi connectivity index (χ4n) is 4.95. The Kier molecular flexibility index (Phi) is 9.71. The maximum absolute atomic E-state index is 12.8. The lowest BCUT2D eigenvalue weighted by molar-refractivity contribution is -0.118. The summed E-state index contributed by atoms with van der Waals surface area (Å²) in [5.74, 6) is 1.22. The molecule has 0 unspecified atom stereocenters. The molecule has 1 aliphatic carbocycles. The average molecular weight is 565 g/mol. The van der Waals surface area contributed by atoms with Gasteiger partial charge in [-0.05, 0) is 43.4 Å². The van der Waals surface area contributed by atoms with Crippen LogP contribution in [-0.2, 0) is 25.6 Å². The number of H-pyrrole nitrogens is 1. The molecule has 5 rings (SSSR count). The zero-order chi connectivity index (χ0) is 28.4. The molecule has 1 aliphatic heterocycles. The summed E-state index contributed by atoms with van der Waals surface area (Å²) in [6, 6.07) is 17.0. The van der Waals surface area contributed by atoms with E-state index in [1.54, 1.807) is 12.1 Å². The second-order valence-electron chi connectivity index (χ2n) is 10.0. The number of hydrogen-bond donors (Lipinski definition) is 3. The van der Waals surface area contributed by atoms with E-state index in [1.807, 2.05) is 49.4 Å². The molecule has 2 aromatic carbocycles. The molecule has 2 atom stereocenters. The molecule has 0 radical (unpaired) electrons. The third kappa shape index (κ3) is 7.77. The number of nitrogens with zero attached hydrogens (tertiary/aromatic N) is 1. The van der Waals surface area contributed by atoms with Gasteiger partial charge in [-0.1, -0.05) is 43.3 Å². The van der Waals surface area contributed by atoms with Crippen molar-refractivity contribution in [3.05, 3.63) is 71.4 Å². The third-order valence-electron chi connectivity index (χ3n) is 6.96. The molecule has 1 saturated carbocycles. The standard InChI is InChI=1S/C30H36N4O7/c1-2-13-31-30(36)41-22-12-11-21(16-22)23-17-26(34-33-23)32-27(35)19-40-25-10-6-9-24(28(25)29-37-14-15-38-29)39-18-20-7-4-3-5-8-20/h3-10,17,21-22,29H,2,11-16,18-19H2,1H3,(H,31,36)(H2,32,33,34,35)/t21-,22+/m0/s1. The SMILES string of the molecule is CCCNC(=O)O[C@@H]1CC[C@H](c2cc(NC(=O)COc3cccc(OCc4ccccc4)c3C3OCCO3)n[nH]2)C1. The van der Waals surface area contributed by atoms with Crippen molar-refractivity contribution in [2.24, 2.45) is 0 Å². The Bertz CT molecular complexity index is 1290. The fourth-order valence-corrected chi connectivity index (χ4v) is 4.95. The minimum absolute atomic E-state index is 0.138. The number of ether oxygens (including phenoxy) is 5. The van der Waals surface area contributed by atoms with Gasteiger partial charge in [-0.25, -0.2) is 4.79 Å². The highest BCUT2D eigenvalue weighted by Gasteiger charge is 2.30. The van der Waals surface area contributed by atoms with Crippen LogP contribution in [0.2, 0.25) is 0 Å². The average Bonchev–Trinajstić information content (AvgIpc) is 3.77. The van der Waals surface area contributed by atoms with Gasteiger partial charge in [0.2, 0.25) is 0 Å². The zero-order valence-electron chi connectivity index (χ0n) is 23.1. The molecule has 2 heterocycles. The number of anilines is 1. The van der Waals surface area contributed by atoms with E-state index in [2.05, 4.69) is 20.8 Å². The van der Waals surface area contributed by atoms with E-state index >= 15 is 0 Å². The smallest absolute Gasteiger partial charge is 0.407 e. The second kappa shape index (κ2) is 14.0. The van der Waals surface area contributed by atoms with Crippen molar-refractivity contribution in [2.45, 2.75) is 57.5 Å². The molecule has 2 fully saturated rings. The van der Waals surface area contributed by atoms with Crippen molar-refractivity contribution in [3.63, 3.8) is 0 Å². The van der Waals surface area contributed by atoms with Gasteiger partial charge in [-0.2, -0.15) is 5.10 Å². The van der Waals surface area contributed by atoms with Crippen LogP contribution in [0.3, 0.4) is 0 Å². The van der Waals surface area contributed by atoms with Crippen LogP contribution >= 0.6 is 0 Å². The van der Waals surface area contributed by atoms with Crippen molar-refractivity contribution in [2.75, 3.05) is 31.7 Å². The molecule has 3 aromatic rings. The highest BCUT2D eigenvalue weighted by molar-refractivity contribution is 5.91. The van der Waals surface area contributed by atoms with E-state index in [4.69, 9.17) is 23.7 Å². The molecular weight excluding hydrogens is 528 g/mol. The number of amides is 2. The summed E-state index contributed by atoms with van der Waals surface area (Å²) in [5, 5.41) is 12.8. The number of aromatic amines is 1. The second-order valence-corrected chi connectivity index (χ2v) is 10.0. The van der Waals surface area contributed by atoms with Crippen molar-refractivity contribution < 1.29 is 33.3 Å². The number of carbonyl (C=O) groups excluding carboxylic acids is 2. The summed E-state index contributed by atoms with van der Waals surface area (Å²) in [6.45, 7) is 3.63. The van der Waals surface area contributed by atoms with Crippen LogP contribution in [-0.4, -0.2) is 54.7 Å². The predicted molar refractivity (Wildman–Crippen MR) is 150 cm³/mol. The normalized spacial score (nSPS) is 18.7. The lowest BCUT2D eigenvalue weighted by atomic mass is 10.0. The molecule has 0 bridgehead atoms. The van der Waals surface area contributed by atoms with Crippen molar-refractivity contribution in [1.82, 2.24) is 15.5 Å². The van der Waals surface area contributed by atoms with Crippen LogP contribution in [0.1, 0.15) is 61.6 Å². The first-order valence-corrected chi connectivity index (χ1v) is 14.0. The van der Waals surface area contributed by atoms with E-state index in [1.165, 1.54) is 0 Å². The van der Waals surface area contributed by atoms with Crippen molar-refractivity contribution in [1.29, 1.82) is 0 Å². The molecule has 11 heteroatoms. The number of rotatable bonds is 12. The number of nitrogens with one attached hydrogen (secondary N) is 3. The molecule has 1 saturated heterocycles. The van der Waals surface area contributed by atoms with Crippen LogP contribution in [0.5, 0.6) is 11.5 Å². The molecule has 41 heavy (non-hydrogen) atoms. The summed E-state index contributed by atoms with van der Waals surface area (Å²) in [5.41, 5.74) is 2.52. The third-order valence-corrected chi connectivity index (χ3v) is 6.96. The number of aromatic nitrogens is 2. The van der Waals surface area contributed by atoms with Gasteiger partial charge in [0, 0.05) is 24.2 Å². The topological polar surface area (TPSA) is 133 Å². The Morgan fingerprint density at radius 1 is 1.02 bits per heavy atom. The maximum Gasteiger partial charge on any atom is 0.407 e. The molecule has 0 spiro atoms. The van der Waals surface area contributed by atoms with Gasteiger partial charge in [0.1, 0.15) is 24.2 Å². The Hall–Kier alpha value is -4.09. The quantitative estimate of drug-likeness (QED) is 0.285. The van der Waals surface area contributed by atoms with Crippen LogP contribution in [0.15, 0.2) is 54.6 Å². The van der Waals surface area contributed by atoms with Gasteiger partial charge in [-0.3, -0.25) is 9.89 Å². The Morgan fingerprint density at radius 3 is 2.59 bits per heavy atom. The van der Waals surface area contributed by atoms with E-state index in [-0.39, 0.29) is 30.6 Å². The van der Waals surface area contributed by atoms with E-state index in [0.29, 0.717) is 55.7 Å². The predicted octanol–water partition coefficient (Wildman–Crippen LogP) is 4.82. The van der Waals surface area contributed by atoms with Gasteiger partial charge in [0.15, 0.2) is 18.7 Å². The summed E-state index contributed by atoms with van der Waals surface area (Å²) in [4.78, 5) is 24.6. The Morgan fingerprint density at radius 2 is 1.80 bits per heavy atom. The van der Waals surface area contributed by atoms with Crippen LogP contribution < -0.4 is 20.1 Å². The lowest BCUT2D eigenvalue weighted by Gasteiger charge is -2.19. The maximum atomic E-state index is 12.8. The van der Waals surface area contributed by atoms with E-state index < -0.39 is 6.29 Å². The molecule has 3 N–H and O–H groups in total. The largest absolute Gasteiger partial charge is 0.488 e. The number of alkyl carbamates (subject to hydrolysis) is 1. The van der Waals surface area contributed by atoms with E-state index in [9.17, 15) is 9.59 Å². The first-order chi connectivity index (χ1) is 20.1. The summed E-state index contributed by atoms with van der Waals surface area (Å²) in [7, 11) is 0. The van der Waals surface area contributed by atoms with Crippen LogP contribution in [0, 0.1) is 0 Å². The van der Waals surface area contributed by atoms with Crippen LogP contribution in [0.25, 0.3) is 0 Å². The molecule has 2 aliphatic rings. The lowest BCUT2D eigenvalue weighted by Crippen LogP contribution is -2.28. The highest BCUT2D eigenvalue weighted by atomic mass is 16.7. The Labute approximate surface area is 238 Å². The molecule has 1 aromatic heterocycles. The summed E-state index contributed by atoms with van der Waals surface area (Å²) >= 11 is 0. The van der Waals surface area contributed by atoms with Gasteiger partial charge >= 0.3 is 6.09 Å². The minimum Gasteiger partial charge on any atom is -0.488 e. The zero-order valence-corrected chi connectivity index (χ0v) is 23.1. The van der Waals surface area contributed by atoms with Gasteiger partial charge in [0.25, 0.3) is 5.91 Å². The first-order valence-electron chi connectivity index (χ1n) is 14.0. The number of benzene rings is 2. The molecular formula is C30H36N4O7. The molecule has 218 valence electrons. The Balaban J connectivity index is 1.16. The van der Waals surface area contributed by atoms with E-state index in [0.717, 1.165) is 30.5 Å². The minimum atomic E-state index is -0.647. The summed E-state index contributed by atoms with van der Waals surface area (Å²) in [6.07, 6.45) is 2.04. The van der Waals surface area contributed by atoms with Crippen molar-refractivity contribution in [3.8, 4) is 11.5 Å². The first kappa shape index (κ1) is 28.4. The highest BCUT2D eigenvalue weighted by Crippen LogP contribution is 2.39. The van der Waals surface area contributed by atoms with Gasteiger partial charge in [-0.15, -0.1) is 0 Å². The van der Waals surface area contributed by atoms with Gasteiger partial charge < -0.3 is 34.3 Å².